The number of benzene rings is 1. The highest BCUT2D eigenvalue weighted by molar-refractivity contribution is 7.51. The van der Waals surface area contributed by atoms with Gasteiger partial charge in [-0.3, -0.25) is 9.45 Å². The first-order valence-electron chi connectivity index (χ1n) is 3.75. The van der Waals surface area contributed by atoms with E-state index in [2.05, 4.69) is 9.56 Å². The van der Waals surface area contributed by atoms with Gasteiger partial charge in [0.2, 0.25) is 0 Å². The molecule has 0 bridgehead atoms. The highest BCUT2D eigenvalue weighted by atomic mass is 31.2. The van der Waals surface area contributed by atoms with Gasteiger partial charge in [0.15, 0.2) is 0 Å². The Morgan fingerprint density at radius 2 is 1.93 bits per heavy atom. The summed E-state index contributed by atoms with van der Waals surface area (Å²) in [6.07, 6.45) is 0. The second-order valence-corrected chi connectivity index (χ2v) is 4.37. The van der Waals surface area contributed by atoms with Crippen molar-refractivity contribution in [1.29, 1.82) is 0 Å². The Morgan fingerprint density at radius 1 is 1.36 bits per heavy atom. The molecule has 0 saturated heterocycles. The van der Waals surface area contributed by atoms with E-state index in [0.717, 1.165) is 6.66 Å². The van der Waals surface area contributed by atoms with Crippen LogP contribution in [0.25, 0.3) is 0 Å². The monoisotopic (exact) mass is 216 g/mol. The largest absolute Gasteiger partial charge is 0.373 e. The number of hydrogen-bond acceptors (Lipinski definition) is 4. The summed E-state index contributed by atoms with van der Waals surface area (Å²) in [5, 5.41) is 0. The smallest absolute Gasteiger partial charge is 0.322 e. The van der Waals surface area contributed by atoms with Crippen LogP contribution in [0.15, 0.2) is 30.3 Å². The molecule has 0 amide bonds. The minimum Gasteiger partial charge on any atom is -0.322 e. The molecule has 0 aliphatic rings. The molecular weight excluding hydrogens is 207 g/mol. The number of rotatable bonds is 3. The second-order valence-electron chi connectivity index (χ2n) is 2.61. The minimum atomic E-state index is -3.78. The summed E-state index contributed by atoms with van der Waals surface area (Å²) >= 11 is 0. The molecule has 6 heteroatoms. The maximum atomic E-state index is 11.1. The Bertz CT molecular complexity index is 355. The van der Waals surface area contributed by atoms with E-state index in [1.165, 1.54) is 12.1 Å². The van der Waals surface area contributed by atoms with Crippen molar-refractivity contribution in [3.05, 3.63) is 35.9 Å². The third kappa shape index (κ3) is 3.70. The average molecular weight is 216 g/mol. The molecule has 1 aromatic rings. The molecule has 76 valence electrons. The maximum Gasteiger partial charge on any atom is 0.373 e. The molecule has 1 N–H and O–H groups in total. The van der Waals surface area contributed by atoms with E-state index < -0.39 is 13.6 Å². The Morgan fingerprint density at radius 3 is 2.43 bits per heavy atom. The van der Waals surface area contributed by atoms with E-state index in [9.17, 15) is 9.36 Å². The van der Waals surface area contributed by atoms with E-state index >= 15 is 0 Å². The van der Waals surface area contributed by atoms with Crippen LogP contribution in [0.5, 0.6) is 0 Å². The summed E-state index contributed by atoms with van der Waals surface area (Å²) in [4.78, 5) is 23.9. The van der Waals surface area contributed by atoms with Gasteiger partial charge in [0, 0.05) is 6.66 Å². The van der Waals surface area contributed by atoms with Crippen LogP contribution in [0.2, 0.25) is 0 Å². The zero-order valence-electron chi connectivity index (χ0n) is 7.41. The van der Waals surface area contributed by atoms with Crippen molar-refractivity contribution in [2.75, 3.05) is 6.66 Å². The summed E-state index contributed by atoms with van der Waals surface area (Å²) in [5.41, 5.74) is 0.251. The molecule has 0 aliphatic carbocycles. The molecule has 5 nitrogen and oxygen atoms in total. The lowest BCUT2D eigenvalue weighted by Crippen LogP contribution is -2.04. The number of carbonyl (C=O) groups is 1. The van der Waals surface area contributed by atoms with Crippen molar-refractivity contribution in [2.24, 2.45) is 0 Å². The van der Waals surface area contributed by atoms with Crippen LogP contribution >= 0.6 is 7.60 Å². The Labute approximate surface area is 80.7 Å². The molecule has 1 atom stereocenters. The Kier molecular flexibility index (Phi) is 3.41. The lowest BCUT2D eigenvalue weighted by Gasteiger charge is -2.04. The Balaban J connectivity index is 2.57. The summed E-state index contributed by atoms with van der Waals surface area (Å²) in [6.45, 7) is 0.922. The van der Waals surface area contributed by atoms with Gasteiger partial charge in [0.05, 0.1) is 5.56 Å². The van der Waals surface area contributed by atoms with Gasteiger partial charge < -0.3 is 4.89 Å². The van der Waals surface area contributed by atoms with Gasteiger partial charge in [-0.15, -0.1) is 0 Å². The maximum absolute atomic E-state index is 11.1. The molecule has 0 aliphatic heterocycles. The number of hydrogen-bond donors (Lipinski definition) is 1. The lowest BCUT2D eigenvalue weighted by molar-refractivity contribution is -0.155. The molecular formula is C8H9O5P. The van der Waals surface area contributed by atoms with Gasteiger partial charge in [0.25, 0.3) is 0 Å². The van der Waals surface area contributed by atoms with Gasteiger partial charge in [0.1, 0.15) is 0 Å². The van der Waals surface area contributed by atoms with Gasteiger partial charge >= 0.3 is 13.6 Å². The molecule has 0 spiro atoms. The van der Waals surface area contributed by atoms with Crippen LogP contribution in [-0.2, 0) is 14.1 Å². The van der Waals surface area contributed by atoms with E-state index in [1.54, 1.807) is 18.2 Å². The fourth-order valence-electron chi connectivity index (χ4n) is 0.725. The topological polar surface area (TPSA) is 72.8 Å². The van der Waals surface area contributed by atoms with Crippen molar-refractivity contribution >= 4 is 13.6 Å². The van der Waals surface area contributed by atoms with Crippen molar-refractivity contribution in [1.82, 2.24) is 0 Å². The van der Waals surface area contributed by atoms with Gasteiger partial charge in [-0.25, -0.2) is 4.79 Å². The van der Waals surface area contributed by atoms with Crippen molar-refractivity contribution in [3.8, 4) is 0 Å². The van der Waals surface area contributed by atoms with E-state index in [1.807, 2.05) is 0 Å². The molecule has 14 heavy (non-hydrogen) atoms. The summed E-state index contributed by atoms with van der Waals surface area (Å²) in [7, 11) is -3.78. The second kappa shape index (κ2) is 4.37. The molecule has 1 aromatic carbocycles. The van der Waals surface area contributed by atoms with Gasteiger partial charge in [-0.1, -0.05) is 22.9 Å². The molecule has 0 saturated carbocycles. The summed E-state index contributed by atoms with van der Waals surface area (Å²) in [6, 6.07) is 8.02. The highest BCUT2D eigenvalue weighted by Crippen LogP contribution is 2.36. The first kappa shape index (κ1) is 10.9. The standard InChI is InChI=1S/C8H9O5P/c1-14(10,11)13-12-8(9)7-5-3-2-4-6-7/h2-6H,1H3,(H,10,11). The molecule has 0 radical (unpaired) electrons. The fourth-order valence-corrected chi connectivity index (χ4v) is 0.931. The fraction of sp³-hybridized carbons (Fsp3) is 0.125. The van der Waals surface area contributed by atoms with Crippen LogP contribution in [0.3, 0.4) is 0 Å². The minimum absolute atomic E-state index is 0.251. The van der Waals surface area contributed by atoms with Crippen LogP contribution < -0.4 is 0 Å². The predicted octanol–water partition coefficient (Wildman–Crippen LogP) is 1.59. The quantitative estimate of drug-likeness (QED) is 0.471. The first-order valence-corrected chi connectivity index (χ1v) is 5.77. The van der Waals surface area contributed by atoms with E-state index in [0.29, 0.717) is 0 Å². The molecule has 1 rings (SSSR count). The lowest BCUT2D eigenvalue weighted by atomic mass is 10.2. The zero-order valence-corrected chi connectivity index (χ0v) is 8.31. The van der Waals surface area contributed by atoms with Crippen LogP contribution in [-0.4, -0.2) is 17.5 Å². The van der Waals surface area contributed by atoms with Crippen molar-refractivity contribution in [2.45, 2.75) is 0 Å². The third-order valence-electron chi connectivity index (χ3n) is 1.26. The van der Waals surface area contributed by atoms with E-state index in [-0.39, 0.29) is 5.56 Å². The molecule has 0 heterocycles. The zero-order chi connectivity index (χ0) is 10.6. The normalized spacial score (nSPS) is 14.4. The molecule has 1 unspecified atom stereocenters. The van der Waals surface area contributed by atoms with E-state index in [4.69, 9.17) is 4.89 Å². The first-order chi connectivity index (χ1) is 6.49. The van der Waals surface area contributed by atoms with Crippen molar-refractivity contribution in [3.63, 3.8) is 0 Å². The summed E-state index contributed by atoms with van der Waals surface area (Å²) < 4.78 is 14.6. The van der Waals surface area contributed by atoms with Crippen LogP contribution in [0, 0.1) is 0 Å². The third-order valence-corrected chi connectivity index (χ3v) is 1.61. The van der Waals surface area contributed by atoms with Crippen molar-refractivity contribution < 1.29 is 23.8 Å². The SMILES string of the molecule is CP(=O)(O)OOC(=O)c1ccccc1. The molecule has 0 aromatic heterocycles. The van der Waals surface area contributed by atoms with Crippen LogP contribution in [0.1, 0.15) is 10.4 Å². The highest BCUT2D eigenvalue weighted by Gasteiger charge is 2.16. The van der Waals surface area contributed by atoms with Gasteiger partial charge in [-0.05, 0) is 12.1 Å². The van der Waals surface area contributed by atoms with Gasteiger partial charge in [-0.2, -0.15) is 0 Å². The average Bonchev–Trinajstić information content (AvgIpc) is 2.14. The predicted molar refractivity (Wildman–Crippen MR) is 48.7 cm³/mol. The summed E-state index contributed by atoms with van der Waals surface area (Å²) in [5.74, 6) is -0.804. The molecule has 0 fully saturated rings. The number of carbonyl (C=O) groups excluding carboxylic acids is 1. The Hall–Kier alpha value is -1.16. The van der Waals surface area contributed by atoms with Crippen LogP contribution in [0.4, 0.5) is 0 Å².